The highest BCUT2D eigenvalue weighted by molar-refractivity contribution is 4.76. The minimum atomic E-state index is 0.286. The first-order chi connectivity index (χ1) is 4.84. The molecule has 0 spiro atoms. The number of methoxy groups -OCH3 is 1. The number of morpholine rings is 1. The Bertz CT molecular complexity index is 95.6. The van der Waals surface area contributed by atoms with Gasteiger partial charge in [0.25, 0.3) is 0 Å². The average molecular weight is 145 g/mol. The van der Waals surface area contributed by atoms with E-state index >= 15 is 0 Å². The maximum Gasteiger partial charge on any atom is 0.0723 e. The standard InChI is InChI=1S/C7H15NO2/c1-6-7(5-9-2)8-3-4-10-6/h6-8H,3-5H2,1-2H3/t6-,7-/m0/s1. The average Bonchev–Trinajstić information content (AvgIpc) is 1.94. The van der Waals surface area contributed by atoms with Gasteiger partial charge in [0, 0.05) is 13.7 Å². The molecule has 0 amide bonds. The Hall–Kier alpha value is -0.120. The summed E-state index contributed by atoms with van der Waals surface area (Å²) in [6.45, 7) is 4.57. The number of ether oxygens (including phenoxy) is 2. The Labute approximate surface area is 61.7 Å². The van der Waals surface area contributed by atoms with E-state index in [0.717, 1.165) is 19.8 Å². The van der Waals surface area contributed by atoms with E-state index < -0.39 is 0 Å². The van der Waals surface area contributed by atoms with Gasteiger partial charge in [-0.15, -0.1) is 0 Å². The molecule has 0 aliphatic carbocycles. The highest BCUT2D eigenvalue weighted by atomic mass is 16.5. The monoisotopic (exact) mass is 145 g/mol. The summed E-state index contributed by atoms with van der Waals surface area (Å²) < 4.78 is 10.4. The van der Waals surface area contributed by atoms with E-state index in [9.17, 15) is 0 Å². The van der Waals surface area contributed by atoms with Crippen molar-refractivity contribution >= 4 is 0 Å². The first kappa shape index (κ1) is 7.98. The summed E-state index contributed by atoms with van der Waals surface area (Å²) in [5.74, 6) is 0. The van der Waals surface area contributed by atoms with Gasteiger partial charge in [-0.25, -0.2) is 0 Å². The van der Waals surface area contributed by atoms with Gasteiger partial charge >= 0.3 is 0 Å². The summed E-state index contributed by atoms with van der Waals surface area (Å²) in [7, 11) is 1.71. The smallest absolute Gasteiger partial charge is 0.0723 e. The second kappa shape index (κ2) is 3.91. The molecule has 1 heterocycles. The molecule has 1 saturated heterocycles. The fraction of sp³-hybridized carbons (Fsp3) is 1.00. The van der Waals surface area contributed by atoms with Crippen LogP contribution < -0.4 is 5.32 Å². The third-order valence-corrected chi connectivity index (χ3v) is 1.80. The van der Waals surface area contributed by atoms with Crippen LogP contribution in [0.15, 0.2) is 0 Å². The van der Waals surface area contributed by atoms with Crippen LogP contribution in [0.1, 0.15) is 6.92 Å². The van der Waals surface area contributed by atoms with Crippen molar-refractivity contribution in [2.45, 2.75) is 19.1 Å². The van der Waals surface area contributed by atoms with Crippen LogP contribution in [0.25, 0.3) is 0 Å². The molecule has 1 aliphatic rings. The van der Waals surface area contributed by atoms with E-state index in [1.807, 2.05) is 0 Å². The second-order valence-corrected chi connectivity index (χ2v) is 2.59. The summed E-state index contributed by atoms with van der Waals surface area (Å²) in [5.41, 5.74) is 0. The summed E-state index contributed by atoms with van der Waals surface area (Å²) >= 11 is 0. The van der Waals surface area contributed by atoms with Gasteiger partial charge in [-0.2, -0.15) is 0 Å². The molecule has 3 nitrogen and oxygen atoms in total. The van der Waals surface area contributed by atoms with Crippen LogP contribution in [0.2, 0.25) is 0 Å². The number of nitrogens with one attached hydrogen (secondary N) is 1. The van der Waals surface area contributed by atoms with Gasteiger partial charge in [0.15, 0.2) is 0 Å². The van der Waals surface area contributed by atoms with Crippen molar-refractivity contribution in [3.63, 3.8) is 0 Å². The summed E-state index contributed by atoms with van der Waals surface area (Å²) in [6.07, 6.45) is 0.286. The molecule has 0 aromatic rings. The fourth-order valence-electron chi connectivity index (χ4n) is 1.15. The second-order valence-electron chi connectivity index (χ2n) is 2.59. The van der Waals surface area contributed by atoms with Crippen LogP contribution in [0.5, 0.6) is 0 Å². The maximum absolute atomic E-state index is 5.40. The van der Waals surface area contributed by atoms with E-state index in [1.165, 1.54) is 0 Å². The summed E-state index contributed by atoms with van der Waals surface area (Å²) in [4.78, 5) is 0. The molecule has 3 heteroatoms. The molecular formula is C7H15NO2. The van der Waals surface area contributed by atoms with E-state index in [0.29, 0.717) is 6.04 Å². The zero-order valence-corrected chi connectivity index (χ0v) is 6.59. The molecule has 1 fully saturated rings. The Kier molecular flexibility index (Phi) is 3.12. The van der Waals surface area contributed by atoms with Gasteiger partial charge in [0.05, 0.1) is 25.4 Å². The van der Waals surface area contributed by atoms with Crippen LogP contribution >= 0.6 is 0 Å². The lowest BCUT2D eigenvalue weighted by Gasteiger charge is -2.29. The topological polar surface area (TPSA) is 30.5 Å². The first-order valence-electron chi connectivity index (χ1n) is 3.68. The quantitative estimate of drug-likeness (QED) is 0.593. The molecule has 0 bridgehead atoms. The van der Waals surface area contributed by atoms with Crippen molar-refractivity contribution in [2.75, 3.05) is 26.9 Å². The first-order valence-corrected chi connectivity index (χ1v) is 3.68. The third-order valence-electron chi connectivity index (χ3n) is 1.80. The van der Waals surface area contributed by atoms with Gasteiger partial charge in [-0.05, 0) is 6.92 Å². The van der Waals surface area contributed by atoms with Gasteiger partial charge in [-0.3, -0.25) is 0 Å². The normalized spacial score (nSPS) is 34.2. The zero-order chi connectivity index (χ0) is 7.40. The molecule has 0 radical (unpaired) electrons. The Balaban J connectivity index is 2.25. The Morgan fingerprint density at radius 2 is 2.50 bits per heavy atom. The van der Waals surface area contributed by atoms with Crippen molar-refractivity contribution in [3.8, 4) is 0 Å². The number of hydrogen-bond donors (Lipinski definition) is 1. The van der Waals surface area contributed by atoms with Crippen molar-refractivity contribution in [2.24, 2.45) is 0 Å². The van der Waals surface area contributed by atoms with Gasteiger partial charge in [-0.1, -0.05) is 0 Å². The lowest BCUT2D eigenvalue weighted by molar-refractivity contribution is -0.0149. The molecule has 0 unspecified atom stereocenters. The minimum Gasteiger partial charge on any atom is -0.383 e. The molecule has 2 atom stereocenters. The molecule has 0 saturated carbocycles. The molecule has 1 rings (SSSR count). The fourth-order valence-corrected chi connectivity index (χ4v) is 1.15. The van der Waals surface area contributed by atoms with E-state index in [1.54, 1.807) is 7.11 Å². The highest BCUT2D eigenvalue weighted by Gasteiger charge is 2.20. The zero-order valence-electron chi connectivity index (χ0n) is 6.59. The van der Waals surface area contributed by atoms with Crippen molar-refractivity contribution in [1.82, 2.24) is 5.32 Å². The number of rotatable bonds is 2. The largest absolute Gasteiger partial charge is 0.383 e. The Morgan fingerprint density at radius 3 is 3.10 bits per heavy atom. The number of hydrogen-bond acceptors (Lipinski definition) is 3. The van der Waals surface area contributed by atoms with Crippen LogP contribution in [0, 0.1) is 0 Å². The summed E-state index contributed by atoms with van der Waals surface area (Å²) in [6, 6.07) is 0.374. The predicted octanol–water partition coefficient (Wildman–Crippen LogP) is 0.00970. The lowest BCUT2D eigenvalue weighted by atomic mass is 10.2. The van der Waals surface area contributed by atoms with Gasteiger partial charge in [0.2, 0.25) is 0 Å². The molecule has 0 aromatic heterocycles. The summed E-state index contributed by atoms with van der Waals surface area (Å²) in [5, 5.41) is 3.32. The van der Waals surface area contributed by atoms with Crippen LogP contribution in [0.3, 0.4) is 0 Å². The SMILES string of the molecule is COC[C@@H]1NCCO[C@H]1C. The van der Waals surface area contributed by atoms with Crippen molar-refractivity contribution in [3.05, 3.63) is 0 Å². The molecule has 10 heavy (non-hydrogen) atoms. The van der Waals surface area contributed by atoms with Crippen molar-refractivity contribution in [1.29, 1.82) is 0 Å². The lowest BCUT2D eigenvalue weighted by Crippen LogP contribution is -2.49. The van der Waals surface area contributed by atoms with Crippen LogP contribution in [-0.2, 0) is 9.47 Å². The molecule has 1 aliphatic heterocycles. The van der Waals surface area contributed by atoms with E-state index in [4.69, 9.17) is 9.47 Å². The molecule has 60 valence electrons. The molecule has 0 aromatic carbocycles. The van der Waals surface area contributed by atoms with Gasteiger partial charge < -0.3 is 14.8 Å². The third kappa shape index (κ3) is 1.94. The minimum absolute atomic E-state index is 0.286. The van der Waals surface area contributed by atoms with Gasteiger partial charge in [0.1, 0.15) is 0 Å². The highest BCUT2D eigenvalue weighted by Crippen LogP contribution is 2.03. The van der Waals surface area contributed by atoms with Crippen LogP contribution in [-0.4, -0.2) is 39.0 Å². The van der Waals surface area contributed by atoms with Crippen molar-refractivity contribution < 1.29 is 9.47 Å². The predicted molar refractivity (Wildman–Crippen MR) is 39.1 cm³/mol. The Morgan fingerprint density at radius 1 is 1.70 bits per heavy atom. The maximum atomic E-state index is 5.40. The van der Waals surface area contributed by atoms with E-state index in [-0.39, 0.29) is 6.10 Å². The van der Waals surface area contributed by atoms with Crippen LogP contribution in [0.4, 0.5) is 0 Å². The molecule has 1 N–H and O–H groups in total. The van der Waals surface area contributed by atoms with E-state index in [2.05, 4.69) is 12.2 Å². The molecular weight excluding hydrogens is 130 g/mol.